The van der Waals surface area contributed by atoms with Gasteiger partial charge >= 0.3 is 0 Å². The van der Waals surface area contributed by atoms with Gasteiger partial charge < -0.3 is 18.6 Å². The highest BCUT2D eigenvalue weighted by atomic mass is 32.2. The van der Waals surface area contributed by atoms with Gasteiger partial charge in [0.15, 0.2) is 5.75 Å². The lowest BCUT2D eigenvalue weighted by atomic mass is 10.00. The molecule has 2 aliphatic rings. The fourth-order valence-corrected chi connectivity index (χ4v) is 3.98. The van der Waals surface area contributed by atoms with Crippen molar-refractivity contribution in [3.05, 3.63) is 40.3 Å². The number of aromatic nitrogens is 1. The van der Waals surface area contributed by atoms with E-state index in [2.05, 4.69) is 4.72 Å². The Bertz CT molecular complexity index is 905. The second kappa shape index (κ2) is 6.55. The minimum atomic E-state index is -1.17. The van der Waals surface area contributed by atoms with Crippen LogP contribution in [0.3, 0.4) is 0 Å². The fourth-order valence-electron chi connectivity index (χ4n) is 3.53. The summed E-state index contributed by atoms with van der Waals surface area (Å²) in [5.41, 5.74) is 3.43. The molecule has 2 unspecified atom stereocenters. The zero-order valence-corrected chi connectivity index (χ0v) is 15.9. The molecular weight excluding hydrogens is 352 g/mol. The normalized spacial score (nSPS) is 19.6. The molecule has 138 valence electrons. The second-order valence-electron chi connectivity index (χ2n) is 6.98. The SMILES string of the molecule is COc1cc(-c2cc(N[S+](C)[O-])cc3c2OC(C2CC2)C3)cn(C)c1=O. The average molecular weight is 374 g/mol. The minimum absolute atomic E-state index is 0.186. The van der Waals surface area contributed by atoms with E-state index in [1.54, 1.807) is 25.6 Å². The zero-order valence-electron chi connectivity index (χ0n) is 15.1. The molecule has 0 saturated heterocycles. The molecule has 2 heterocycles. The largest absolute Gasteiger partial charge is 0.593 e. The van der Waals surface area contributed by atoms with E-state index in [0.717, 1.165) is 34.5 Å². The Balaban J connectivity index is 1.83. The van der Waals surface area contributed by atoms with Crippen LogP contribution in [0.5, 0.6) is 11.5 Å². The molecule has 26 heavy (non-hydrogen) atoms. The first-order chi connectivity index (χ1) is 12.5. The molecule has 1 aliphatic heterocycles. The molecule has 7 heteroatoms. The first-order valence-corrected chi connectivity index (χ1v) is 10.2. The number of hydrogen-bond donors (Lipinski definition) is 1. The molecule has 0 spiro atoms. The Morgan fingerprint density at radius 1 is 1.35 bits per heavy atom. The summed E-state index contributed by atoms with van der Waals surface area (Å²) < 4.78 is 27.6. The Morgan fingerprint density at radius 2 is 2.12 bits per heavy atom. The van der Waals surface area contributed by atoms with Gasteiger partial charge in [-0.15, -0.1) is 0 Å². The standard InChI is InChI=1S/C19H22N2O4S/c1-21-10-13(8-17(24-2)19(21)22)15-9-14(20-26(3)23)6-12-7-16(11-4-5-11)25-18(12)15/h6,8-11,16,20H,4-5,7H2,1-3H3. The number of anilines is 1. The van der Waals surface area contributed by atoms with Gasteiger partial charge in [-0.25, -0.2) is 4.72 Å². The Morgan fingerprint density at radius 3 is 2.77 bits per heavy atom. The van der Waals surface area contributed by atoms with Crippen molar-refractivity contribution in [1.29, 1.82) is 0 Å². The van der Waals surface area contributed by atoms with Crippen LogP contribution in [-0.2, 0) is 24.8 Å². The van der Waals surface area contributed by atoms with Crippen molar-refractivity contribution in [2.24, 2.45) is 13.0 Å². The number of methoxy groups -OCH3 is 1. The summed E-state index contributed by atoms with van der Waals surface area (Å²) in [6.45, 7) is 0. The number of pyridine rings is 1. The average Bonchev–Trinajstić information content (AvgIpc) is 3.35. The molecule has 0 radical (unpaired) electrons. The van der Waals surface area contributed by atoms with E-state index < -0.39 is 11.4 Å². The monoisotopic (exact) mass is 374 g/mol. The van der Waals surface area contributed by atoms with Crippen LogP contribution in [0, 0.1) is 5.92 Å². The number of nitrogens with one attached hydrogen (secondary N) is 1. The van der Waals surface area contributed by atoms with Gasteiger partial charge in [0.25, 0.3) is 5.56 Å². The van der Waals surface area contributed by atoms with Gasteiger partial charge in [-0.05, 0) is 37.0 Å². The molecule has 1 fully saturated rings. The molecule has 4 rings (SSSR count). The summed E-state index contributed by atoms with van der Waals surface area (Å²) in [5, 5.41) is 0. The van der Waals surface area contributed by atoms with Crippen molar-refractivity contribution in [2.45, 2.75) is 25.4 Å². The van der Waals surface area contributed by atoms with Crippen LogP contribution >= 0.6 is 0 Å². The number of hydrogen-bond acceptors (Lipinski definition) is 5. The van der Waals surface area contributed by atoms with E-state index in [0.29, 0.717) is 5.92 Å². The van der Waals surface area contributed by atoms with Crippen LogP contribution in [0.15, 0.2) is 29.2 Å². The summed E-state index contributed by atoms with van der Waals surface area (Å²) in [7, 11) is 3.19. The van der Waals surface area contributed by atoms with E-state index in [1.165, 1.54) is 24.5 Å². The third-order valence-corrected chi connectivity index (χ3v) is 5.47. The van der Waals surface area contributed by atoms with E-state index in [4.69, 9.17) is 9.47 Å². The predicted octanol–water partition coefficient (Wildman–Crippen LogP) is 2.48. The number of nitrogens with zero attached hydrogens (tertiary/aromatic N) is 1. The maximum absolute atomic E-state index is 12.1. The summed E-state index contributed by atoms with van der Waals surface area (Å²) in [4.78, 5) is 12.1. The number of fused-ring (bicyclic) bond motifs is 1. The van der Waals surface area contributed by atoms with Crippen molar-refractivity contribution in [1.82, 2.24) is 4.57 Å². The Kier molecular flexibility index (Phi) is 4.36. The van der Waals surface area contributed by atoms with Crippen molar-refractivity contribution in [3.8, 4) is 22.6 Å². The highest BCUT2D eigenvalue weighted by molar-refractivity contribution is 7.92. The lowest BCUT2D eigenvalue weighted by Crippen LogP contribution is -2.18. The summed E-state index contributed by atoms with van der Waals surface area (Å²) in [5.74, 6) is 1.77. The molecule has 1 saturated carbocycles. The molecule has 2 atom stereocenters. The molecule has 1 aliphatic carbocycles. The van der Waals surface area contributed by atoms with Gasteiger partial charge in [0, 0.05) is 36.4 Å². The quantitative estimate of drug-likeness (QED) is 0.814. The van der Waals surface area contributed by atoms with Crippen LogP contribution in [0.2, 0.25) is 0 Å². The molecule has 1 aromatic heterocycles. The molecule has 1 aromatic carbocycles. The van der Waals surface area contributed by atoms with Gasteiger partial charge in [-0.2, -0.15) is 0 Å². The lowest BCUT2D eigenvalue weighted by molar-refractivity contribution is 0.208. The predicted molar refractivity (Wildman–Crippen MR) is 102 cm³/mol. The molecular formula is C19H22N2O4S. The van der Waals surface area contributed by atoms with Crippen molar-refractivity contribution >= 4 is 17.0 Å². The number of rotatable bonds is 5. The summed E-state index contributed by atoms with van der Waals surface area (Å²) in [6.07, 6.45) is 6.88. The van der Waals surface area contributed by atoms with Crippen LogP contribution in [0.1, 0.15) is 18.4 Å². The molecule has 2 aromatic rings. The van der Waals surface area contributed by atoms with Gasteiger partial charge in [-0.1, -0.05) is 0 Å². The summed E-state index contributed by atoms with van der Waals surface area (Å²) >= 11 is -1.17. The van der Waals surface area contributed by atoms with Crippen LogP contribution in [0.4, 0.5) is 5.69 Å². The van der Waals surface area contributed by atoms with E-state index in [1.807, 2.05) is 12.1 Å². The van der Waals surface area contributed by atoms with Crippen LogP contribution in [-0.4, -0.2) is 28.6 Å². The lowest BCUT2D eigenvalue weighted by Gasteiger charge is -2.15. The Hall–Kier alpha value is -2.12. The van der Waals surface area contributed by atoms with Crippen molar-refractivity contribution in [2.75, 3.05) is 18.1 Å². The zero-order chi connectivity index (χ0) is 18.4. The maximum atomic E-state index is 12.1. The van der Waals surface area contributed by atoms with E-state index in [9.17, 15) is 9.35 Å². The highest BCUT2D eigenvalue weighted by Gasteiger charge is 2.38. The van der Waals surface area contributed by atoms with Crippen LogP contribution in [0.25, 0.3) is 11.1 Å². The third-order valence-electron chi connectivity index (χ3n) is 4.95. The van der Waals surface area contributed by atoms with Gasteiger partial charge in [-0.3, -0.25) is 4.79 Å². The number of ether oxygens (including phenoxy) is 2. The van der Waals surface area contributed by atoms with Crippen molar-refractivity contribution < 1.29 is 14.0 Å². The first-order valence-electron chi connectivity index (χ1n) is 8.65. The van der Waals surface area contributed by atoms with E-state index >= 15 is 0 Å². The van der Waals surface area contributed by atoms with E-state index in [-0.39, 0.29) is 17.4 Å². The van der Waals surface area contributed by atoms with Gasteiger partial charge in [0.05, 0.1) is 24.2 Å². The topological polar surface area (TPSA) is 75.5 Å². The number of aryl methyl sites for hydroxylation is 1. The summed E-state index contributed by atoms with van der Waals surface area (Å²) in [6, 6.07) is 5.68. The van der Waals surface area contributed by atoms with Gasteiger partial charge in [0.1, 0.15) is 18.1 Å². The smallest absolute Gasteiger partial charge is 0.292 e. The molecule has 6 nitrogen and oxygen atoms in total. The molecule has 0 amide bonds. The minimum Gasteiger partial charge on any atom is -0.593 e. The molecule has 0 bridgehead atoms. The number of benzene rings is 1. The third kappa shape index (κ3) is 3.17. The maximum Gasteiger partial charge on any atom is 0.292 e. The second-order valence-corrected chi connectivity index (χ2v) is 8.09. The van der Waals surface area contributed by atoms with Gasteiger partial charge in [0.2, 0.25) is 0 Å². The van der Waals surface area contributed by atoms with Crippen LogP contribution < -0.4 is 19.8 Å². The Labute approximate surface area is 155 Å². The molecule has 1 N–H and O–H groups in total. The highest BCUT2D eigenvalue weighted by Crippen LogP contribution is 2.47. The first kappa shape index (κ1) is 17.3. The van der Waals surface area contributed by atoms with Crippen molar-refractivity contribution in [3.63, 3.8) is 0 Å². The fraction of sp³-hybridized carbons (Fsp3) is 0.421.